The third-order valence-electron chi connectivity index (χ3n) is 4.56. The first-order valence-electron chi connectivity index (χ1n) is 8.21. The van der Waals surface area contributed by atoms with Gasteiger partial charge in [0.25, 0.3) is 5.91 Å². The van der Waals surface area contributed by atoms with Gasteiger partial charge in [0, 0.05) is 41.8 Å². The van der Waals surface area contributed by atoms with Crippen molar-refractivity contribution in [1.29, 1.82) is 0 Å². The average molecular weight is 324 g/mol. The van der Waals surface area contributed by atoms with E-state index in [9.17, 15) is 4.79 Å². The standard InChI is InChI=1S/C19H24N4O/c1-22(2)18-11-12-23(13-18)17-9-7-16(8-10-17)21-19(24)14-3-5-15(20)6-4-14/h3-10,18H,11-13,20H2,1-2H3,(H,21,24). The Balaban J connectivity index is 1.62. The topological polar surface area (TPSA) is 61.6 Å². The molecule has 2 aromatic carbocycles. The Labute approximate surface area is 143 Å². The van der Waals surface area contributed by atoms with Crippen LogP contribution in [-0.2, 0) is 0 Å². The summed E-state index contributed by atoms with van der Waals surface area (Å²) in [6.45, 7) is 2.12. The zero-order valence-electron chi connectivity index (χ0n) is 14.2. The highest BCUT2D eigenvalue weighted by Crippen LogP contribution is 2.24. The van der Waals surface area contributed by atoms with Crippen molar-refractivity contribution >= 4 is 23.0 Å². The second-order valence-corrected chi connectivity index (χ2v) is 6.48. The van der Waals surface area contributed by atoms with Crippen LogP contribution in [0.1, 0.15) is 16.8 Å². The molecule has 1 unspecified atom stereocenters. The van der Waals surface area contributed by atoms with Crippen molar-refractivity contribution in [2.75, 3.05) is 43.1 Å². The molecule has 24 heavy (non-hydrogen) atoms. The summed E-state index contributed by atoms with van der Waals surface area (Å²) < 4.78 is 0. The predicted molar refractivity (Wildman–Crippen MR) is 99.6 cm³/mol. The molecule has 0 aliphatic carbocycles. The number of hydrogen-bond acceptors (Lipinski definition) is 4. The van der Waals surface area contributed by atoms with E-state index in [-0.39, 0.29) is 5.91 Å². The second kappa shape index (κ2) is 6.93. The van der Waals surface area contributed by atoms with Crippen molar-refractivity contribution in [3.63, 3.8) is 0 Å². The molecule has 0 saturated carbocycles. The van der Waals surface area contributed by atoms with Gasteiger partial charge in [-0.3, -0.25) is 4.79 Å². The number of anilines is 3. The molecule has 5 heteroatoms. The molecule has 1 saturated heterocycles. The zero-order valence-corrected chi connectivity index (χ0v) is 14.2. The molecule has 3 rings (SSSR count). The zero-order chi connectivity index (χ0) is 17.1. The Morgan fingerprint density at radius 3 is 2.38 bits per heavy atom. The first kappa shape index (κ1) is 16.3. The molecule has 0 spiro atoms. The first-order valence-corrected chi connectivity index (χ1v) is 8.21. The molecule has 2 aromatic rings. The maximum Gasteiger partial charge on any atom is 0.255 e. The molecule has 1 atom stereocenters. The van der Waals surface area contributed by atoms with Gasteiger partial charge in [0.2, 0.25) is 0 Å². The fraction of sp³-hybridized carbons (Fsp3) is 0.316. The largest absolute Gasteiger partial charge is 0.399 e. The number of carbonyl (C=O) groups excluding carboxylic acids is 1. The SMILES string of the molecule is CN(C)C1CCN(c2ccc(NC(=O)c3ccc(N)cc3)cc2)C1. The van der Waals surface area contributed by atoms with Gasteiger partial charge in [-0.1, -0.05) is 0 Å². The van der Waals surface area contributed by atoms with Crippen LogP contribution >= 0.6 is 0 Å². The van der Waals surface area contributed by atoms with Crippen LogP contribution in [0.25, 0.3) is 0 Å². The van der Waals surface area contributed by atoms with E-state index in [2.05, 4.69) is 41.3 Å². The van der Waals surface area contributed by atoms with Gasteiger partial charge in [-0.2, -0.15) is 0 Å². The van der Waals surface area contributed by atoms with Crippen molar-refractivity contribution in [3.8, 4) is 0 Å². The first-order chi connectivity index (χ1) is 11.5. The van der Waals surface area contributed by atoms with E-state index < -0.39 is 0 Å². The van der Waals surface area contributed by atoms with E-state index in [0.717, 1.165) is 18.8 Å². The van der Waals surface area contributed by atoms with E-state index in [1.165, 1.54) is 12.1 Å². The van der Waals surface area contributed by atoms with Crippen LogP contribution in [0.15, 0.2) is 48.5 Å². The van der Waals surface area contributed by atoms with Crippen molar-refractivity contribution in [1.82, 2.24) is 4.90 Å². The van der Waals surface area contributed by atoms with Crippen molar-refractivity contribution in [3.05, 3.63) is 54.1 Å². The molecule has 5 nitrogen and oxygen atoms in total. The second-order valence-electron chi connectivity index (χ2n) is 6.48. The molecule has 3 N–H and O–H groups in total. The van der Waals surface area contributed by atoms with Crippen molar-refractivity contribution in [2.45, 2.75) is 12.5 Å². The van der Waals surface area contributed by atoms with E-state index in [1.807, 2.05) is 12.1 Å². The molecular formula is C19H24N4O. The van der Waals surface area contributed by atoms with E-state index in [4.69, 9.17) is 5.73 Å². The average Bonchev–Trinajstić information content (AvgIpc) is 3.06. The Morgan fingerprint density at radius 2 is 1.79 bits per heavy atom. The van der Waals surface area contributed by atoms with Gasteiger partial charge in [-0.25, -0.2) is 0 Å². The monoisotopic (exact) mass is 324 g/mol. The third kappa shape index (κ3) is 3.68. The van der Waals surface area contributed by atoms with Crippen LogP contribution in [0.2, 0.25) is 0 Å². The number of benzene rings is 2. The van der Waals surface area contributed by atoms with Gasteiger partial charge >= 0.3 is 0 Å². The molecule has 126 valence electrons. The quantitative estimate of drug-likeness (QED) is 0.849. The van der Waals surface area contributed by atoms with E-state index >= 15 is 0 Å². The fourth-order valence-electron chi connectivity index (χ4n) is 2.99. The van der Waals surface area contributed by atoms with E-state index in [0.29, 0.717) is 17.3 Å². The summed E-state index contributed by atoms with van der Waals surface area (Å²) >= 11 is 0. The van der Waals surface area contributed by atoms with Gasteiger partial charge in [0.1, 0.15) is 0 Å². The van der Waals surface area contributed by atoms with Crippen LogP contribution in [0.4, 0.5) is 17.1 Å². The molecule has 1 amide bonds. The predicted octanol–water partition coefficient (Wildman–Crippen LogP) is 2.66. The molecule has 0 aromatic heterocycles. The maximum atomic E-state index is 12.2. The van der Waals surface area contributed by atoms with Gasteiger partial charge in [-0.15, -0.1) is 0 Å². The lowest BCUT2D eigenvalue weighted by molar-refractivity contribution is 0.102. The number of nitrogens with zero attached hydrogens (tertiary/aromatic N) is 2. The summed E-state index contributed by atoms with van der Waals surface area (Å²) in [5, 5.41) is 2.92. The fourth-order valence-corrected chi connectivity index (χ4v) is 2.99. The normalized spacial score (nSPS) is 17.3. The Bertz CT molecular complexity index is 694. The molecule has 0 radical (unpaired) electrons. The summed E-state index contributed by atoms with van der Waals surface area (Å²) in [5.74, 6) is -0.128. The molecular weight excluding hydrogens is 300 g/mol. The van der Waals surface area contributed by atoms with Gasteiger partial charge in [-0.05, 0) is 69.0 Å². The molecule has 1 fully saturated rings. The van der Waals surface area contributed by atoms with Crippen molar-refractivity contribution in [2.24, 2.45) is 0 Å². The smallest absolute Gasteiger partial charge is 0.255 e. The molecule has 1 heterocycles. The number of carbonyl (C=O) groups is 1. The summed E-state index contributed by atoms with van der Waals surface area (Å²) in [6.07, 6.45) is 1.18. The minimum atomic E-state index is -0.128. The summed E-state index contributed by atoms with van der Waals surface area (Å²) in [6, 6.07) is 15.6. The maximum absolute atomic E-state index is 12.2. The van der Waals surface area contributed by atoms with Crippen LogP contribution < -0.4 is 16.0 Å². The van der Waals surface area contributed by atoms with Crippen LogP contribution in [0, 0.1) is 0 Å². The van der Waals surface area contributed by atoms with Gasteiger partial charge in [0.15, 0.2) is 0 Å². The summed E-state index contributed by atoms with van der Waals surface area (Å²) in [4.78, 5) is 16.9. The molecule has 1 aliphatic heterocycles. The number of rotatable bonds is 4. The number of hydrogen-bond donors (Lipinski definition) is 2. The van der Waals surface area contributed by atoms with Crippen LogP contribution in [0.5, 0.6) is 0 Å². The number of nitrogen functional groups attached to an aromatic ring is 1. The highest BCUT2D eigenvalue weighted by Gasteiger charge is 2.23. The Hall–Kier alpha value is -2.53. The summed E-state index contributed by atoms with van der Waals surface area (Å²) in [7, 11) is 4.26. The van der Waals surface area contributed by atoms with E-state index in [1.54, 1.807) is 24.3 Å². The molecule has 1 aliphatic rings. The van der Waals surface area contributed by atoms with Crippen LogP contribution in [-0.4, -0.2) is 44.0 Å². The number of likely N-dealkylation sites (N-methyl/N-ethyl adjacent to an activating group) is 1. The highest BCUT2D eigenvalue weighted by molar-refractivity contribution is 6.04. The lowest BCUT2D eigenvalue weighted by atomic mass is 10.2. The van der Waals surface area contributed by atoms with Crippen molar-refractivity contribution < 1.29 is 4.79 Å². The van der Waals surface area contributed by atoms with Gasteiger partial charge < -0.3 is 20.9 Å². The minimum Gasteiger partial charge on any atom is -0.399 e. The minimum absolute atomic E-state index is 0.128. The number of nitrogens with two attached hydrogens (primary N) is 1. The Morgan fingerprint density at radius 1 is 1.12 bits per heavy atom. The lowest BCUT2D eigenvalue weighted by Gasteiger charge is -2.22. The highest BCUT2D eigenvalue weighted by atomic mass is 16.1. The summed E-state index contributed by atoms with van der Waals surface area (Å²) in [5.41, 5.74) is 8.89. The Kier molecular flexibility index (Phi) is 4.71. The number of nitrogens with one attached hydrogen (secondary N) is 1. The molecule has 0 bridgehead atoms. The van der Waals surface area contributed by atoms with Gasteiger partial charge in [0.05, 0.1) is 0 Å². The van der Waals surface area contributed by atoms with Crippen LogP contribution in [0.3, 0.4) is 0 Å². The number of amides is 1. The lowest BCUT2D eigenvalue weighted by Crippen LogP contribution is -2.31. The third-order valence-corrected chi connectivity index (χ3v) is 4.56.